The second-order valence-corrected chi connectivity index (χ2v) is 13.7. The zero-order chi connectivity index (χ0) is 30.3. The lowest BCUT2D eigenvalue weighted by Crippen LogP contribution is -2.58. The van der Waals surface area contributed by atoms with Gasteiger partial charge in [0.15, 0.2) is 0 Å². The third-order valence-corrected chi connectivity index (χ3v) is 10.9. The summed E-state index contributed by atoms with van der Waals surface area (Å²) in [6, 6.07) is 6.40. The highest BCUT2D eigenvalue weighted by molar-refractivity contribution is 6.02. The van der Waals surface area contributed by atoms with E-state index in [0.29, 0.717) is 35.7 Å². The molecule has 1 aromatic carbocycles. The van der Waals surface area contributed by atoms with Crippen LogP contribution in [0.5, 0.6) is 5.75 Å². The summed E-state index contributed by atoms with van der Waals surface area (Å²) in [5.74, 6) is 0.231. The molecule has 4 aliphatic heterocycles. The lowest BCUT2D eigenvalue weighted by molar-refractivity contribution is -0.141. The number of benzene rings is 1. The zero-order valence-corrected chi connectivity index (χ0v) is 26.1. The summed E-state index contributed by atoms with van der Waals surface area (Å²) < 4.78 is 11.8. The van der Waals surface area contributed by atoms with Crippen molar-refractivity contribution >= 4 is 23.4 Å². The Morgan fingerprint density at radius 1 is 1.05 bits per heavy atom. The van der Waals surface area contributed by atoms with Crippen LogP contribution in [0.2, 0.25) is 0 Å². The number of nitrogens with zero attached hydrogens (tertiary/aromatic N) is 2. The van der Waals surface area contributed by atoms with Gasteiger partial charge in [0, 0.05) is 24.8 Å². The number of hydrogen-bond acceptors (Lipinski definition) is 6. The molecule has 1 spiro atoms. The van der Waals surface area contributed by atoms with Crippen LogP contribution in [0.1, 0.15) is 59.3 Å². The van der Waals surface area contributed by atoms with Crippen molar-refractivity contribution < 1.29 is 23.9 Å². The van der Waals surface area contributed by atoms with E-state index in [1.807, 2.05) is 12.2 Å². The molecule has 9 nitrogen and oxygen atoms in total. The molecule has 0 unspecified atom stereocenters. The third-order valence-electron chi connectivity index (χ3n) is 10.9. The molecule has 4 fully saturated rings. The number of rotatable bonds is 9. The molecule has 6 rings (SSSR count). The summed E-state index contributed by atoms with van der Waals surface area (Å²) in [5, 5.41) is 6.34. The number of carbonyl (C=O) groups is 3. The van der Waals surface area contributed by atoms with Crippen molar-refractivity contribution in [2.45, 2.75) is 83.1 Å². The Morgan fingerprint density at radius 3 is 2.58 bits per heavy atom. The molecule has 1 aromatic rings. The fourth-order valence-electron chi connectivity index (χ4n) is 8.41. The highest BCUT2D eigenvalue weighted by atomic mass is 16.5. The topological polar surface area (TPSA) is 100 Å². The molecular formula is C34H48N4O5. The molecular weight excluding hydrogens is 544 g/mol. The maximum Gasteiger partial charge on any atom is 0.246 e. The van der Waals surface area contributed by atoms with E-state index in [1.54, 1.807) is 36.3 Å². The average molecular weight is 593 g/mol. The first-order valence-corrected chi connectivity index (χ1v) is 16.4. The number of nitrogens with one attached hydrogen (secondary N) is 2. The fraction of sp³-hybridized carbons (Fsp3) is 0.676. The van der Waals surface area contributed by atoms with Crippen molar-refractivity contribution in [3.05, 3.63) is 36.4 Å². The number of fused-ring (bicyclic) bond motifs is 1. The van der Waals surface area contributed by atoms with Crippen molar-refractivity contribution in [2.24, 2.45) is 29.6 Å². The summed E-state index contributed by atoms with van der Waals surface area (Å²) in [5.41, 5.74) is -0.518. The molecule has 9 heteroatoms. The lowest BCUT2D eigenvalue weighted by Gasteiger charge is -2.38. The number of ether oxygens (including phenoxy) is 2. The molecule has 3 amide bonds. The van der Waals surface area contributed by atoms with Gasteiger partial charge in [-0.25, -0.2) is 0 Å². The molecule has 4 heterocycles. The Kier molecular flexibility index (Phi) is 8.57. The summed E-state index contributed by atoms with van der Waals surface area (Å²) in [6.07, 6.45) is 9.66. The first-order valence-electron chi connectivity index (χ1n) is 16.4. The van der Waals surface area contributed by atoms with E-state index in [4.69, 9.17) is 9.47 Å². The van der Waals surface area contributed by atoms with Gasteiger partial charge in [0.05, 0.1) is 25.0 Å². The van der Waals surface area contributed by atoms with E-state index in [1.165, 1.54) is 19.3 Å². The Balaban J connectivity index is 1.23. The van der Waals surface area contributed by atoms with Gasteiger partial charge < -0.3 is 29.9 Å². The van der Waals surface area contributed by atoms with Gasteiger partial charge in [0.2, 0.25) is 17.7 Å². The third kappa shape index (κ3) is 5.59. The van der Waals surface area contributed by atoms with E-state index in [2.05, 4.69) is 36.3 Å². The predicted octanol–water partition coefficient (Wildman–Crippen LogP) is 3.85. The molecule has 0 aromatic heterocycles. The lowest BCUT2D eigenvalue weighted by atomic mass is 9.73. The quantitative estimate of drug-likeness (QED) is 0.423. The van der Waals surface area contributed by atoms with Crippen molar-refractivity contribution in [2.75, 3.05) is 38.6 Å². The van der Waals surface area contributed by atoms with Gasteiger partial charge in [0.1, 0.15) is 17.4 Å². The number of amides is 3. The molecule has 234 valence electrons. The maximum atomic E-state index is 14.3. The highest BCUT2D eigenvalue weighted by Crippen LogP contribution is 2.55. The minimum absolute atomic E-state index is 0.0650. The molecule has 2 N–H and O–H groups in total. The van der Waals surface area contributed by atoms with Crippen LogP contribution in [-0.4, -0.2) is 84.6 Å². The first kappa shape index (κ1) is 30.1. The van der Waals surface area contributed by atoms with Crippen LogP contribution in [0.15, 0.2) is 36.4 Å². The number of anilines is 1. The monoisotopic (exact) mass is 592 g/mol. The number of methoxy groups -OCH3 is 1. The van der Waals surface area contributed by atoms with Gasteiger partial charge in [-0.2, -0.15) is 0 Å². The van der Waals surface area contributed by atoms with Crippen LogP contribution < -0.4 is 15.4 Å². The van der Waals surface area contributed by atoms with Crippen molar-refractivity contribution in [3.63, 3.8) is 0 Å². The fourth-order valence-corrected chi connectivity index (χ4v) is 8.41. The highest BCUT2D eigenvalue weighted by Gasteiger charge is 2.72. The molecule has 9 atom stereocenters. The largest absolute Gasteiger partial charge is 0.497 e. The van der Waals surface area contributed by atoms with Gasteiger partial charge >= 0.3 is 0 Å². The number of carbonyl (C=O) groups excluding carboxylic acids is 3. The molecule has 0 radical (unpaired) electrons. The van der Waals surface area contributed by atoms with E-state index in [0.717, 1.165) is 38.9 Å². The van der Waals surface area contributed by atoms with E-state index >= 15 is 0 Å². The van der Waals surface area contributed by atoms with Crippen LogP contribution in [0, 0.1) is 29.6 Å². The van der Waals surface area contributed by atoms with Gasteiger partial charge in [-0.05, 0) is 80.8 Å². The normalized spacial score (nSPS) is 36.9. The Bertz CT molecular complexity index is 1240. The first-order chi connectivity index (χ1) is 20.7. The van der Waals surface area contributed by atoms with E-state index in [9.17, 15) is 14.4 Å². The Morgan fingerprint density at radius 2 is 1.84 bits per heavy atom. The smallest absolute Gasteiger partial charge is 0.246 e. The van der Waals surface area contributed by atoms with Crippen LogP contribution in [0.3, 0.4) is 0 Å². The van der Waals surface area contributed by atoms with Crippen molar-refractivity contribution in [3.8, 4) is 5.75 Å². The maximum absolute atomic E-state index is 14.3. The molecule has 5 aliphatic rings. The number of piperidine rings is 1. The van der Waals surface area contributed by atoms with Crippen LogP contribution >= 0.6 is 0 Å². The van der Waals surface area contributed by atoms with Crippen molar-refractivity contribution in [1.82, 2.24) is 15.1 Å². The average Bonchev–Trinajstić information content (AvgIpc) is 3.63. The summed E-state index contributed by atoms with van der Waals surface area (Å²) in [4.78, 5) is 46.5. The van der Waals surface area contributed by atoms with E-state index in [-0.39, 0.29) is 23.8 Å². The van der Waals surface area contributed by atoms with E-state index < -0.39 is 29.6 Å². The minimum atomic E-state index is -1.14. The van der Waals surface area contributed by atoms with Crippen LogP contribution in [0.4, 0.5) is 5.69 Å². The summed E-state index contributed by atoms with van der Waals surface area (Å²) in [6.45, 7) is 10.3. The molecule has 2 bridgehead atoms. The van der Waals surface area contributed by atoms with Gasteiger partial charge in [-0.15, -0.1) is 0 Å². The number of hydrogen-bond donors (Lipinski definition) is 2. The predicted molar refractivity (Wildman–Crippen MR) is 164 cm³/mol. The second-order valence-electron chi connectivity index (χ2n) is 13.7. The van der Waals surface area contributed by atoms with Crippen LogP contribution in [-0.2, 0) is 19.1 Å². The summed E-state index contributed by atoms with van der Waals surface area (Å²) >= 11 is 0. The SMILES string of the molecule is COc1ccc(NC(=O)[C@H]2[C@H]3C=C[C@@]4(O3)[C@H]2C(=O)N(CCCN2CCC[C@H](C)C2)[C@@H]4C(=O)N[C@@H]2CCC[C@H](C)[C@@H]2C)cc1. The Hall–Kier alpha value is -2.91. The molecule has 1 aliphatic carbocycles. The zero-order valence-electron chi connectivity index (χ0n) is 26.1. The summed E-state index contributed by atoms with van der Waals surface area (Å²) in [7, 11) is 1.60. The molecule has 1 saturated carbocycles. The number of likely N-dealkylation sites (tertiary alicyclic amines) is 2. The van der Waals surface area contributed by atoms with Gasteiger partial charge in [-0.3, -0.25) is 14.4 Å². The second kappa shape index (κ2) is 12.2. The standard InChI is InChI=1S/C34H48N4O5/c1-21-8-6-17-37(20-21)18-7-19-38-30(32(40)36-26-10-5-9-22(2)23(26)3)34-16-15-27(43-34)28(29(34)33(38)41)31(39)35-24-11-13-25(42-4)14-12-24/h11-16,21-23,26-30H,5-10,17-20H2,1-4H3,(H,35,39)(H,36,40)/t21-,22-,23-,26+,27+,28-,29+,30+,34+/m0/s1. The molecule has 43 heavy (non-hydrogen) atoms. The minimum Gasteiger partial charge on any atom is -0.497 e. The van der Waals surface area contributed by atoms with Gasteiger partial charge in [0.25, 0.3) is 0 Å². The van der Waals surface area contributed by atoms with Crippen LogP contribution in [0.25, 0.3) is 0 Å². The Labute approximate surface area is 255 Å². The van der Waals surface area contributed by atoms with Crippen molar-refractivity contribution in [1.29, 1.82) is 0 Å². The molecule has 3 saturated heterocycles. The van der Waals surface area contributed by atoms with Gasteiger partial charge in [-0.1, -0.05) is 45.8 Å².